The van der Waals surface area contributed by atoms with Crippen LogP contribution >= 0.6 is 0 Å². The van der Waals surface area contributed by atoms with Crippen molar-refractivity contribution in [2.24, 2.45) is 0 Å². The van der Waals surface area contributed by atoms with Crippen LogP contribution in [0, 0.1) is 0 Å². The number of likely N-dealkylation sites (N-methyl/N-ethyl adjacent to an activating group) is 1. The molecule has 0 bridgehead atoms. The van der Waals surface area contributed by atoms with Gasteiger partial charge in [0.25, 0.3) is 5.91 Å². The second-order valence-corrected chi connectivity index (χ2v) is 4.57. The highest BCUT2D eigenvalue weighted by molar-refractivity contribution is 5.96. The maximum Gasteiger partial charge on any atom is 0.349 e. The van der Waals surface area contributed by atoms with Crippen LogP contribution in [0.1, 0.15) is 17.3 Å². The van der Waals surface area contributed by atoms with Crippen molar-refractivity contribution in [3.05, 3.63) is 40.2 Å². The van der Waals surface area contributed by atoms with Crippen molar-refractivity contribution in [2.75, 3.05) is 13.6 Å². The van der Waals surface area contributed by atoms with Gasteiger partial charge in [-0.25, -0.2) is 4.79 Å². The van der Waals surface area contributed by atoms with Crippen LogP contribution in [0.3, 0.4) is 0 Å². The molecule has 0 aliphatic carbocycles. The van der Waals surface area contributed by atoms with Gasteiger partial charge in [0, 0.05) is 24.0 Å². The summed E-state index contributed by atoms with van der Waals surface area (Å²) in [6, 6.07) is 5.94. The lowest BCUT2D eigenvalue weighted by Gasteiger charge is -2.11. The highest BCUT2D eigenvalue weighted by Crippen LogP contribution is 2.19. The Balaban J connectivity index is 2.30. The normalized spacial score (nSPS) is 12.3. The minimum Gasteiger partial charge on any atom is -0.508 e. The van der Waals surface area contributed by atoms with E-state index in [9.17, 15) is 14.7 Å². The molecule has 1 amide bonds. The average molecular weight is 276 g/mol. The van der Waals surface area contributed by atoms with Gasteiger partial charge in [-0.05, 0) is 32.2 Å². The fourth-order valence-corrected chi connectivity index (χ4v) is 1.70. The summed E-state index contributed by atoms with van der Waals surface area (Å²) in [6.07, 6.45) is 0. The Morgan fingerprint density at radius 1 is 1.40 bits per heavy atom. The Labute approximate surface area is 115 Å². The predicted molar refractivity (Wildman–Crippen MR) is 75.0 cm³/mol. The fourth-order valence-electron chi connectivity index (χ4n) is 1.70. The quantitative estimate of drug-likeness (QED) is 0.720. The number of carbonyl (C=O) groups is 1. The smallest absolute Gasteiger partial charge is 0.349 e. The molecule has 2 rings (SSSR count). The fraction of sp³-hybridized carbons (Fsp3) is 0.286. The summed E-state index contributed by atoms with van der Waals surface area (Å²) in [4.78, 5) is 23.7. The summed E-state index contributed by atoms with van der Waals surface area (Å²) >= 11 is 0. The third-order valence-corrected chi connectivity index (χ3v) is 3.03. The summed E-state index contributed by atoms with van der Waals surface area (Å²) < 4.78 is 5.04. The topological polar surface area (TPSA) is 91.6 Å². The molecule has 0 fully saturated rings. The summed E-state index contributed by atoms with van der Waals surface area (Å²) in [7, 11) is 1.79. The highest BCUT2D eigenvalue weighted by atomic mass is 16.4. The van der Waals surface area contributed by atoms with Gasteiger partial charge in [0.1, 0.15) is 16.9 Å². The van der Waals surface area contributed by atoms with Crippen LogP contribution in [-0.4, -0.2) is 30.6 Å². The molecule has 106 valence electrons. The van der Waals surface area contributed by atoms with E-state index in [-0.39, 0.29) is 22.9 Å². The molecule has 0 unspecified atom stereocenters. The molecular weight excluding hydrogens is 260 g/mol. The van der Waals surface area contributed by atoms with Gasteiger partial charge in [-0.15, -0.1) is 0 Å². The molecule has 1 heterocycles. The zero-order valence-corrected chi connectivity index (χ0v) is 11.3. The van der Waals surface area contributed by atoms with Gasteiger partial charge in [-0.1, -0.05) is 0 Å². The van der Waals surface area contributed by atoms with Crippen LogP contribution in [0.5, 0.6) is 5.75 Å². The lowest BCUT2D eigenvalue weighted by molar-refractivity contribution is 0.0947. The molecule has 3 N–H and O–H groups in total. The van der Waals surface area contributed by atoms with Crippen LogP contribution in [0.4, 0.5) is 0 Å². The number of phenols is 1. The van der Waals surface area contributed by atoms with Gasteiger partial charge in [-0.3, -0.25) is 4.79 Å². The van der Waals surface area contributed by atoms with E-state index in [0.717, 1.165) is 0 Å². The number of rotatable bonds is 4. The number of phenolic OH excluding ortho intramolecular Hbond substituents is 1. The first-order valence-corrected chi connectivity index (χ1v) is 6.23. The lowest BCUT2D eigenvalue weighted by atomic mass is 10.1. The molecular formula is C14H16N2O4. The lowest BCUT2D eigenvalue weighted by Crippen LogP contribution is -2.38. The van der Waals surface area contributed by atoms with E-state index >= 15 is 0 Å². The zero-order valence-electron chi connectivity index (χ0n) is 11.3. The van der Waals surface area contributed by atoms with Gasteiger partial charge in [0.05, 0.1) is 0 Å². The number of hydrogen-bond acceptors (Lipinski definition) is 5. The standard InChI is InChI=1S/C14H16N2O4/c1-8(15-2)7-16-13(18)11-5-9-3-4-10(17)6-12(9)20-14(11)19/h3-6,8,15,17H,7H2,1-2H3,(H,16,18)/t8-/m1/s1. The van der Waals surface area contributed by atoms with E-state index in [0.29, 0.717) is 11.9 Å². The van der Waals surface area contributed by atoms with Crippen LogP contribution < -0.4 is 16.3 Å². The molecule has 0 saturated carbocycles. The molecule has 20 heavy (non-hydrogen) atoms. The van der Waals surface area contributed by atoms with E-state index in [1.54, 1.807) is 13.1 Å². The van der Waals surface area contributed by atoms with Crippen LogP contribution in [0.2, 0.25) is 0 Å². The Hall–Kier alpha value is -2.34. The molecule has 6 heteroatoms. The van der Waals surface area contributed by atoms with Crippen molar-refractivity contribution < 1.29 is 14.3 Å². The first-order chi connectivity index (χ1) is 9.51. The number of hydrogen-bond donors (Lipinski definition) is 3. The van der Waals surface area contributed by atoms with Crippen LogP contribution in [0.15, 0.2) is 33.5 Å². The molecule has 0 spiro atoms. The molecule has 0 saturated heterocycles. The number of aromatic hydroxyl groups is 1. The van der Waals surface area contributed by atoms with Gasteiger partial charge < -0.3 is 20.2 Å². The largest absolute Gasteiger partial charge is 0.508 e. The zero-order chi connectivity index (χ0) is 14.7. The molecule has 1 aromatic heterocycles. The molecule has 0 aliphatic rings. The summed E-state index contributed by atoms with van der Waals surface area (Å²) in [5.41, 5.74) is -0.528. The van der Waals surface area contributed by atoms with Crippen LogP contribution in [0.25, 0.3) is 11.0 Å². The molecule has 6 nitrogen and oxygen atoms in total. The monoisotopic (exact) mass is 276 g/mol. The van der Waals surface area contributed by atoms with Crippen molar-refractivity contribution in [3.8, 4) is 5.75 Å². The van der Waals surface area contributed by atoms with E-state index in [1.807, 2.05) is 6.92 Å². The minimum atomic E-state index is -0.724. The maximum absolute atomic E-state index is 11.9. The number of amides is 1. The molecule has 1 atom stereocenters. The summed E-state index contributed by atoms with van der Waals surface area (Å²) in [5, 5.41) is 15.5. The van der Waals surface area contributed by atoms with Crippen molar-refractivity contribution in [1.82, 2.24) is 10.6 Å². The van der Waals surface area contributed by atoms with Gasteiger partial charge in [0.15, 0.2) is 0 Å². The van der Waals surface area contributed by atoms with Crippen molar-refractivity contribution in [1.29, 1.82) is 0 Å². The van der Waals surface area contributed by atoms with Crippen molar-refractivity contribution in [3.63, 3.8) is 0 Å². The van der Waals surface area contributed by atoms with Gasteiger partial charge in [-0.2, -0.15) is 0 Å². The number of fused-ring (bicyclic) bond motifs is 1. The molecule has 1 aromatic carbocycles. The van der Waals surface area contributed by atoms with E-state index in [1.165, 1.54) is 18.2 Å². The summed E-state index contributed by atoms with van der Waals surface area (Å²) in [5.74, 6) is -0.475. The highest BCUT2D eigenvalue weighted by Gasteiger charge is 2.14. The number of benzene rings is 1. The van der Waals surface area contributed by atoms with E-state index in [4.69, 9.17) is 4.42 Å². The average Bonchev–Trinajstić information content (AvgIpc) is 2.43. The number of carbonyl (C=O) groups excluding carboxylic acids is 1. The van der Waals surface area contributed by atoms with E-state index in [2.05, 4.69) is 10.6 Å². The Morgan fingerprint density at radius 2 is 2.15 bits per heavy atom. The third kappa shape index (κ3) is 2.97. The van der Waals surface area contributed by atoms with Crippen molar-refractivity contribution >= 4 is 16.9 Å². The number of nitrogens with one attached hydrogen (secondary N) is 2. The third-order valence-electron chi connectivity index (χ3n) is 3.03. The second-order valence-electron chi connectivity index (χ2n) is 4.57. The molecule has 0 radical (unpaired) electrons. The SMILES string of the molecule is CN[C@H](C)CNC(=O)c1cc2ccc(O)cc2oc1=O. The predicted octanol–water partition coefficient (Wildman–Crippen LogP) is 0.836. The minimum absolute atomic E-state index is 0.000645. The summed E-state index contributed by atoms with van der Waals surface area (Å²) in [6.45, 7) is 2.31. The first kappa shape index (κ1) is 14.1. The van der Waals surface area contributed by atoms with Crippen LogP contribution in [-0.2, 0) is 0 Å². The van der Waals surface area contributed by atoms with Crippen molar-refractivity contribution in [2.45, 2.75) is 13.0 Å². The Kier molecular flexibility index (Phi) is 4.05. The van der Waals surface area contributed by atoms with E-state index < -0.39 is 11.5 Å². The first-order valence-electron chi connectivity index (χ1n) is 6.23. The maximum atomic E-state index is 11.9. The van der Waals surface area contributed by atoms with Gasteiger partial charge >= 0.3 is 5.63 Å². The Morgan fingerprint density at radius 3 is 2.85 bits per heavy atom. The second kappa shape index (κ2) is 5.75. The van der Waals surface area contributed by atoms with Gasteiger partial charge in [0.2, 0.25) is 0 Å². The molecule has 0 aliphatic heterocycles. The Bertz CT molecular complexity index is 693. The molecule has 2 aromatic rings.